The number of hydrogen-bond donors (Lipinski definition) is 1. The van der Waals surface area contributed by atoms with Crippen LogP contribution in [0.2, 0.25) is 0 Å². The second-order valence-corrected chi connectivity index (χ2v) is 4.90. The standard InChI is InChI=1S/C13H26N2O2/c1-4-17-13(16)9-11(2)15-7-5-12(6-8-15)10-14-3/h11-12,14H,4-10H2,1-3H3. The summed E-state index contributed by atoms with van der Waals surface area (Å²) < 4.78 is 4.99. The molecule has 0 bridgehead atoms. The lowest BCUT2D eigenvalue weighted by Crippen LogP contribution is -2.42. The molecule has 1 saturated heterocycles. The topological polar surface area (TPSA) is 41.6 Å². The average Bonchev–Trinajstić information content (AvgIpc) is 2.30. The van der Waals surface area contributed by atoms with E-state index in [0.29, 0.717) is 19.1 Å². The highest BCUT2D eigenvalue weighted by atomic mass is 16.5. The third-order valence-corrected chi connectivity index (χ3v) is 3.53. The number of likely N-dealkylation sites (tertiary alicyclic amines) is 1. The van der Waals surface area contributed by atoms with Crippen molar-refractivity contribution in [3.05, 3.63) is 0 Å². The van der Waals surface area contributed by atoms with Crippen molar-refractivity contribution in [1.82, 2.24) is 10.2 Å². The van der Waals surface area contributed by atoms with E-state index in [0.717, 1.165) is 25.6 Å². The van der Waals surface area contributed by atoms with Gasteiger partial charge in [-0.25, -0.2) is 0 Å². The van der Waals surface area contributed by atoms with Crippen LogP contribution >= 0.6 is 0 Å². The highest BCUT2D eigenvalue weighted by Gasteiger charge is 2.23. The largest absolute Gasteiger partial charge is 0.466 e. The molecule has 4 heteroatoms. The van der Waals surface area contributed by atoms with E-state index in [1.165, 1.54) is 12.8 Å². The highest BCUT2D eigenvalue weighted by molar-refractivity contribution is 5.70. The molecule has 1 unspecified atom stereocenters. The molecule has 17 heavy (non-hydrogen) atoms. The lowest BCUT2D eigenvalue weighted by atomic mass is 9.95. The van der Waals surface area contributed by atoms with E-state index in [2.05, 4.69) is 17.1 Å². The van der Waals surface area contributed by atoms with E-state index < -0.39 is 0 Å². The molecule has 0 amide bonds. The van der Waals surface area contributed by atoms with E-state index in [-0.39, 0.29) is 5.97 Å². The highest BCUT2D eigenvalue weighted by Crippen LogP contribution is 2.19. The van der Waals surface area contributed by atoms with Gasteiger partial charge in [0.05, 0.1) is 13.0 Å². The van der Waals surface area contributed by atoms with Crippen molar-refractivity contribution in [1.29, 1.82) is 0 Å². The zero-order chi connectivity index (χ0) is 12.7. The number of carbonyl (C=O) groups excluding carboxylic acids is 1. The van der Waals surface area contributed by atoms with Gasteiger partial charge in [0, 0.05) is 6.04 Å². The molecule has 4 nitrogen and oxygen atoms in total. The third kappa shape index (κ3) is 5.04. The Morgan fingerprint density at radius 1 is 1.47 bits per heavy atom. The Balaban J connectivity index is 2.25. The van der Waals surface area contributed by atoms with Gasteiger partial charge < -0.3 is 15.0 Å². The fourth-order valence-electron chi connectivity index (χ4n) is 2.48. The predicted molar refractivity (Wildman–Crippen MR) is 68.9 cm³/mol. The van der Waals surface area contributed by atoms with Gasteiger partial charge in [0.25, 0.3) is 0 Å². The number of hydrogen-bond acceptors (Lipinski definition) is 4. The molecular weight excluding hydrogens is 216 g/mol. The van der Waals surface area contributed by atoms with Crippen LogP contribution in [0.25, 0.3) is 0 Å². The van der Waals surface area contributed by atoms with E-state index in [1.54, 1.807) is 0 Å². The molecule has 1 N–H and O–H groups in total. The van der Waals surface area contributed by atoms with Gasteiger partial charge in [0.1, 0.15) is 0 Å². The maximum absolute atomic E-state index is 11.4. The number of piperidine rings is 1. The van der Waals surface area contributed by atoms with E-state index >= 15 is 0 Å². The lowest BCUT2D eigenvalue weighted by molar-refractivity contribution is -0.144. The molecule has 1 aliphatic rings. The van der Waals surface area contributed by atoms with Gasteiger partial charge in [0.15, 0.2) is 0 Å². The van der Waals surface area contributed by atoms with Crippen molar-refractivity contribution < 1.29 is 9.53 Å². The number of nitrogens with one attached hydrogen (secondary N) is 1. The van der Waals surface area contributed by atoms with Crippen molar-refractivity contribution in [2.24, 2.45) is 5.92 Å². The number of rotatable bonds is 6. The van der Waals surface area contributed by atoms with Crippen LogP contribution in [0.4, 0.5) is 0 Å². The summed E-state index contributed by atoms with van der Waals surface area (Å²) in [7, 11) is 2.01. The van der Waals surface area contributed by atoms with Crippen LogP contribution in [0.1, 0.15) is 33.1 Å². The van der Waals surface area contributed by atoms with Crippen LogP contribution in [0.15, 0.2) is 0 Å². The number of esters is 1. The molecule has 0 spiro atoms. The van der Waals surface area contributed by atoms with Gasteiger partial charge in [-0.2, -0.15) is 0 Å². The van der Waals surface area contributed by atoms with Crippen molar-refractivity contribution in [2.45, 2.75) is 39.2 Å². The molecule has 0 aliphatic carbocycles. The Bertz CT molecular complexity index is 225. The second kappa shape index (κ2) is 7.67. The van der Waals surface area contributed by atoms with Gasteiger partial charge in [-0.15, -0.1) is 0 Å². The summed E-state index contributed by atoms with van der Waals surface area (Å²) in [5.41, 5.74) is 0. The van der Waals surface area contributed by atoms with Gasteiger partial charge >= 0.3 is 5.97 Å². The van der Waals surface area contributed by atoms with Gasteiger partial charge in [-0.05, 0) is 59.3 Å². The van der Waals surface area contributed by atoms with Crippen LogP contribution in [0.3, 0.4) is 0 Å². The summed E-state index contributed by atoms with van der Waals surface area (Å²) >= 11 is 0. The maximum atomic E-state index is 11.4. The Hall–Kier alpha value is -0.610. The monoisotopic (exact) mass is 242 g/mol. The van der Waals surface area contributed by atoms with Crippen LogP contribution in [0.5, 0.6) is 0 Å². The Morgan fingerprint density at radius 3 is 2.65 bits per heavy atom. The molecule has 0 aromatic rings. The summed E-state index contributed by atoms with van der Waals surface area (Å²) in [5.74, 6) is 0.725. The first-order valence-electron chi connectivity index (χ1n) is 6.71. The molecule has 1 rings (SSSR count). The Kier molecular flexibility index (Phi) is 6.52. The SMILES string of the molecule is CCOC(=O)CC(C)N1CCC(CNC)CC1. The number of ether oxygens (including phenoxy) is 1. The third-order valence-electron chi connectivity index (χ3n) is 3.53. The zero-order valence-electron chi connectivity index (χ0n) is 11.4. The minimum absolute atomic E-state index is 0.0719. The van der Waals surface area contributed by atoms with Crippen molar-refractivity contribution in [2.75, 3.05) is 33.3 Å². The Morgan fingerprint density at radius 2 is 2.12 bits per heavy atom. The molecule has 0 aromatic carbocycles. The summed E-state index contributed by atoms with van der Waals surface area (Å²) in [6, 6.07) is 0.310. The molecule has 1 aliphatic heterocycles. The maximum Gasteiger partial charge on any atom is 0.307 e. The fraction of sp³-hybridized carbons (Fsp3) is 0.923. The smallest absolute Gasteiger partial charge is 0.307 e. The van der Waals surface area contributed by atoms with Gasteiger partial charge in [0.2, 0.25) is 0 Å². The van der Waals surface area contributed by atoms with E-state index in [9.17, 15) is 4.79 Å². The van der Waals surface area contributed by atoms with Crippen LogP contribution in [-0.2, 0) is 9.53 Å². The average molecular weight is 242 g/mol. The van der Waals surface area contributed by atoms with E-state index in [4.69, 9.17) is 4.74 Å². The van der Waals surface area contributed by atoms with E-state index in [1.807, 2.05) is 14.0 Å². The number of carbonyl (C=O) groups is 1. The zero-order valence-corrected chi connectivity index (χ0v) is 11.4. The first-order chi connectivity index (χ1) is 8.17. The second-order valence-electron chi connectivity index (χ2n) is 4.90. The molecule has 1 fully saturated rings. The molecule has 0 aromatic heterocycles. The molecular formula is C13H26N2O2. The van der Waals surface area contributed by atoms with Crippen LogP contribution < -0.4 is 5.32 Å². The summed E-state index contributed by atoms with van der Waals surface area (Å²) in [6.07, 6.45) is 2.98. The van der Waals surface area contributed by atoms with Crippen LogP contribution in [-0.4, -0.2) is 50.2 Å². The molecule has 1 heterocycles. The molecule has 100 valence electrons. The first kappa shape index (κ1) is 14.5. The van der Waals surface area contributed by atoms with Gasteiger partial charge in [-0.3, -0.25) is 4.79 Å². The Labute approximate surface area is 105 Å². The molecule has 1 atom stereocenters. The normalized spacial score (nSPS) is 20.2. The minimum atomic E-state index is -0.0719. The fourth-order valence-corrected chi connectivity index (χ4v) is 2.48. The van der Waals surface area contributed by atoms with Crippen LogP contribution in [0, 0.1) is 5.92 Å². The van der Waals surface area contributed by atoms with Crippen molar-refractivity contribution >= 4 is 5.97 Å². The minimum Gasteiger partial charge on any atom is -0.466 e. The summed E-state index contributed by atoms with van der Waals surface area (Å²) in [6.45, 7) is 7.77. The first-order valence-corrected chi connectivity index (χ1v) is 6.71. The molecule has 0 saturated carbocycles. The van der Waals surface area contributed by atoms with Crippen molar-refractivity contribution in [3.63, 3.8) is 0 Å². The molecule has 0 radical (unpaired) electrons. The van der Waals surface area contributed by atoms with Crippen molar-refractivity contribution in [3.8, 4) is 0 Å². The van der Waals surface area contributed by atoms with Gasteiger partial charge in [-0.1, -0.05) is 0 Å². The summed E-state index contributed by atoms with van der Waals surface area (Å²) in [4.78, 5) is 13.8. The quantitative estimate of drug-likeness (QED) is 0.712. The number of nitrogens with zero attached hydrogens (tertiary/aromatic N) is 1. The summed E-state index contributed by atoms with van der Waals surface area (Å²) in [5, 5.41) is 3.24. The lowest BCUT2D eigenvalue weighted by Gasteiger charge is -2.35. The predicted octanol–water partition coefficient (Wildman–Crippen LogP) is 1.26.